The molecule has 32 heavy (non-hydrogen) atoms. The summed E-state index contributed by atoms with van der Waals surface area (Å²) < 4.78 is 4.80. The third-order valence-corrected chi connectivity index (χ3v) is 7.72. The highest BCUT2D eigenvalue weighted by atomic mass is 35.5. The number of methoxy groups -OCH3 is 1. The number of carbonyl (C=O) groups is 3. The van der Waals surface area contributed by atoms with Crippen LogP contribution in [0.5, 0.6) is 0 Å². The number of piperidine rings is 1. The summed E-state index contributed by atoms with van der Waals surface area (Å²) in [6.07, 6.45) is 8.60. The molecule has 2 rings (SSSR count). The predicted molar refractivity (Wildman–Crippen MR) is 134 cm³/mol. The van der Waals surface area contributed by atoms with Gasteiger partial charge in [0, 0.05) is 30.0 Å². The van der Waals surface area contributed by atoms with Crippen molar-refractivity contribution in [3.8, 4) is 0 Å². The third-order valence-electron chi connectivity index (χ3n) is 5.29. The Morgan fingerprint density at radius 3 is 2.50 bits per heavy atom. The van der Waals surface area contributed by atoms with Crippen LogP contribution in [0.1, 0.15) is 24.8 Å². The number of hydrogen-bond donors (Lipinski definition) is 1. The van der Waals surface area contributed by atoms with Gasteiger partial charge in [-0.25, -0.2) is 4.79 Å². The minimum absolute atomic E-state index is 0.141. The molecule has 1 N–H and O–H groups in total. The monoisotopic (exact) mass is 518 g/mol. The Labute approximate surface area is 207 Å². The van der Waals surface area contributed by atoms with Gasteiger partial charge in [0.05, 0.1) is 17.2 Å². The SMILES string of the molecule is COC(=O)C(CCSC)NC(=O)C1CCN(C(=O)/C=C/c2ccc(SC)c(Cl)c2Cl)CC1. The fourth-order valence-electron chi connectivity index (χ4n) is 3.38. The lowest BCUT2D eigenvalue weighted by Crippen LogP contribution is -2.47. The van der Waals surface area contributed by atoms with Crippen molar-refractivity contribution in [3.63, 3.8) is 0 Å². The van der Waals surface area contributed by atoms with Gasteiger partial charge in [-0.2, -0.15) is 11.8 Å². The van der Waals surface area contributed by atoms with Crippen molar-refractivity contribution in [2.24, 2.45) is 5.92 Å². The van der Waals surface area contributed by atoms with Gasteiger partial charge in [-0.3, -0.25) is 9.59 Å². The summed E-state index contributed by atoms with van der Waals surface area (Å²) in [5, 5.41) is 3.70. The van der Waals surface area contributed by atoms with Crippen molar-refractivity contribution in [2.45, 2.75) is 30.2 Å². The van der Waals surface area contributed by atoms with Gasteiger partial charge in [-0.05, 0) is 55.2 Å². The lowest BCUT2D eigenvalue weighted by molar-refractivity contribution is -0.145. The van der Waals surface area contributed by atoms with Gasteiger partial charge in [0.25, 0.3) is 0 Å². The molecule has 1 aliphatic rings. The van der Waals surface area contributed by atoms with E-state index in [9.17, 15) is 14.4 Å². The normalized spacial score (nSPS) is 15.6. The smallest absolute Gasteiger partial charge is 0.328 e. The number of carbonyl (C=O) groups excluding carboxylic acids is 3. The number of likely N-dealkylation sites (tertiary alicyclic amines) is 1. The summed E-state index contributed by atoms with van der Waals surface area (Å²) >= 11 is 15.7. The summed E-state index contributed by atoms with van der Waals surface area (Å²) in [5.74, 6) is -0.239. The van der Waals surface area contributed by atoms with E-state index in [1.54, 1.807) is 22.7 Å². The quantitative estimate of drug-likeness (QED) is 0.297. The maximum atomic E-state index is 12.6. The lowest BCUT2D eigenvalue weighted by atomic mass is 9.95. The molecule has 0 bridgehead atoms. The molecule has 1 unspecified atom stereocenters. The largest absolute Gasteiger partial charge is 0.467 e. The molecule has 0 radical (unpaired) electrons. The zero-order valence-corrected chi connectivity index (χ0v) is 21.5. The van der Waals surface area contributed by atoms with Gasteiger partial charge >= 0.3 is 5.97 Å². The van der Waals surface area contributed by atoms with E-state index in [4.69, 9.17) is 27.9 Å². The van der Waals surface area contributed by atoms with Crippen molar-refractivity contribution >= 4 is 70.6 Å². The standard InChI is InChI=1S/C22H28Cl2N2O4S2/c1-30-22(29)16(10-13-31-2)25-21(28)15-8-11-26(12-9-15)18(27)7-5-14-4-6-17(32-3)20(24)19(14)23/h4-7,15-16H,8-13H2,1-3H3,(H,25,28)/b7-5+. The van der Waals surface area contributed by atoms with Crippen LogP contribution in [0.25, 0.3) is 6.08 Å². The molecule has 0 saturated carbocycles. The van der Waals surface area contributed by atoms with E-state index in [0.29, 0.717) is 48.0 Å². The molecule has 0 aliphatic carbocycles. The van der Waals surface area contributed by atoms with E-state index in [2.05, 4.69) is 5.32 Å². The number of nitrogens with zero attached hydrogens (tertiary/aromatic N) is 1. The Bertz CT molecular complexity index is 859. The molecule has 0 spiro atoms. The van der Waals surface area contributed by atoms with Crippen molar-refractivity contribution in [1.82, 2.24) is 10.2 Å². The van der Waals surface area contributed by atoms with Crippen LogP contribution >= 0.6 is 46.7 Å². The molecular weight excluding hydrogens is 491 g/mol. The minimum atomic E-state index is -0.642. The van der Waals surface area contributed by atoms with Crippen molar-refractivity contribution in [1.29, 1.82) is 0 Å². The van der Waals surface area contributed by atoms with Gasteiger partial charge in [-0.15, -0.1) is 11.8 Å². The van der Waals surface area contributed by atoms with Crippen LogP contribution in [0.3, 0.4) is 0 Å². The molecule has 1 aromatic carbocycles. The van der Waals surface area contributed by atoms with Crippen LogP contribution in [0, 0.1) is 5.92 Å². The second kappa shape index (κ2) is 13.4. The van der Waals surface area contributed by atoms with Crippen LogP contribution in [-0.4, -0.2) is 67.2 Å². The number of rotatable bonds is 9. The summed E-state index contributed by atoms with van der Waals surface area (Å²) in [6.45, 7) is 0.934. The summed E-state index contributed by atoms with van der Waals surface area (Å²) in [4.78, 5) is 39.7. The molecular formula is C22H28Cl2N2O4S2. The highest BCUT2D eigenvalue weighted by Crippen LogP contribution is 2.35. The third kappa shape index (κ3) is 7.33. The first-order valence-corrected chi connectivity index (χ1v) is 13.6. The van der Waals surface area contributed by atoms with Crippen LogP contribution in [0.4, 0.5) is 0 Å². The highest BCUT2D eigenvalue weighted by Gasteiger charge is 2.29. The van der Waals surface area contributed by atoms with Crippen LogP contribution in [0.15, 0.2) is 23.1 Å². The van der Waals surface area contributed by atoms with Gasteiger partial charge in [-0.1, -0.05) is 29.3 Å². The Balaban J connectivity index is 1.91. The van der Waals surface area contributed by atoms with Crippen molar-refractivity contribution in [3.05, 3.63) is 33.8 Å². The number of benzene rings is 1. The zero-order valence-electron chi connectivity index (χ0n) is 18.4. The van der Waals surface area contributed by atoms with Crippen LogP contribution in [-0.2, 0) is 19.1 Å². The van der Waals surface area contributed by atoms with E-state index >= 15 is 0 Å². The second-order valence-corrected chi connectivity index (χ2v) is 9.87. The molecule has 0 aromatic heterocycles. The summed E-state index contributed by atoms with van der Waals surface area (Å²) in [6, 6.07) is 3.06. The summed E-state index contributed by atoms with van der Waals surface area (Å²) in [5.41, 5.74) is 0.677. The molecule has 1 aliphatic heterocycles. The van der Waals surface area contributed by atoms with Crippen molar-refractivity contribution < 1.29 is 19.1 Å². The van der Waals surface area contributed by atoms with Gasteiger partial charge in [0.1, 0.15) is 6.04 Å². The number of ether oxygens (including phenoxy) is 1. The maximum Gasteiger partial charge on any atom is 0.328 e. The van der Waals surface area contributed by atoms with Crippen LogP contribution < -0.4 is 5.32 Å². The number of amides is 2. The maximum absolute atomic E-state index is 12.6. The van der Waals surface area contributed by atoms with E-state index in [1.165, 1.54) is 24.9 Å². The Hall–Kier alpha value is -1.35. The van der Waals surface area contributed by atoms with Gasteiger partial charge in [0.15, 0.2) is 0 Å². The molecule has 1 atom stereocenters. The van der Waals surface area contributed by atoms with E-state index in [1.807, 2.05) is 24.6 Å². The Morgan fingerprint density at radius 1 is 1.22 bits per heavy atom. The molecule has 1 saturated heterocycles. The first-order chi connectivity index (χ1) is 15.3. The summed E-state index contributed by atoms with van der Waals surface area (Å²) in [7, 11) is 1.32. The second-order valence-electron chi connectivity index (χ2n) is 7.28. The Kier molecular flexibility index (Phi) is 11.2. The highest BCUT2D eigenvalue weighted by molar-refractivity contribution is 7.98. The molecule has 176 valence electrons. The first kappa shape index (κ1) is 26.9. The average molecular weight is 520 g/mol. The molecule has 1 heterocycles. The zero-order chi connectivity index (χ0) is 23.7. The van der Waals surface area contributed by atoms with Gasteiger partial charge in [0.2, 0.25) is 11.8 Å². The molecule has 10 heteroatoms. The molecule has 6 nitrogen and oxygen atoms in total. The molecule has 1 fully saturated rings. The number of esters is 1. The van der Waals surface area contributed by atoms with E-state index in [-0.39, 0.29) is 17.7 Å². The van der Waals surface area contributed by atoms with Gasteiger partial charge < -0.3 is 15.0 Å². The first-order valence-electron chi connectivity index (χ1n) is 10.2. The molecule has 1 aromatic rings. The average Bonchev–Trinajstić information content (AvgIpc) is 2.81. The fourth-order valence-corrected chi connectivity index (χ4v) is 5.02. The number of nitrogens with one attached hydrogen (secondary N) is 1. The Morgan fingerprint density at radius 2 is 1.91 bits per heavy atom. The van der Waals surface area contributed by atoms with E-state index in [0.717, 1.165) is 10.6 Å². The predicted octanol–water partition coefficient (Wildman–Crippen LogP) is 4.38. The lowest BCUT2D eigenvalue weighted by Gasteiger charge is -2.31. The number of thioether (sulfide) groups is 2. The van der Waals surface area contributed by atoms with E-state index < -0.39 is 12.0 Å². The molecule has 2 amide bonds. The number of halogens is 2. The minimum Gasteiger partial charge on any atom is -0.467 e. The topological polar surface area (TPSA) is 75.7 Å². The fraction of sp³-hybridized carbons (Fsp3) is 0.500. The van der Waals surface area contributed by atoms with Crippen molar-refractivity contribution in [2.75, 3.05) is 38.5 Å². The number of hydrogen-bond acceptors (Lipinski definition) is 6. The van der Waals surface area contributed by atoms with Crippen LogP contribution in [0.2, 0.25) is 10.0 Å².